The molecule has 1 aromatic heterocycles. The molecule has 6 nitrogen and oxygen atoms in total. The van der Waals surface area contributed by atoms with Crippen LogP contribution in [0.3, 0.4) is 0 Å². The molecule has 0 atom stereocenters. The van der Waals surface area contributed by atoms with E-state index in [9.17, 15) is 9.59 Å². The lowest BCUT2D eigenvalue weighted by atomic mass is 9.96. The summed E-state index contributed by atoms with van der Waals surface area (Å²) in [6.45, 7) is 13.1. The van der Waals surface area contributed by atoms with Gasteiger partial charge in [-0.2, -0.15) is 0 Å². The smallest absolute Gasteiger partial charge is 0.252 e. The Morgan fingerprint density at radius 2 is 1.67 bits per heavy atom. The van der Waals surface area contributed by atoms with Crippen molar-refractivity contribution >= 4 is 11.8 Å². The highest BCUT2D eigenvalue weighted by atomic mass is 16.5. The van der Waals surface area contributed by atoms with E-state index in [0.717, 1.165) is 0 Å². The molecule has 1 aromatic rings. The second kappa shape index (κ2) is 8.13. The second-order valence-corrected chi connectivity index (χ2v) is 8.00. The molecule has 134 valence electrons. The van der Waals surface area contributed by atoms with Crippen LogP contribution in [0.5, 0.6) is 5.88 Å². The molecule has 2 amide bonds. The van der Waals surface area contributed by atoms with Crippen LogP contribution in [0.1, 0.15) is 51.9 Å². The van der Waals surface area contributed by atoms with Crippen molar-refractivity contribution < 1.29 is 14.3 Å². The summed E-state index contributed by atoms with van der Waals surface area (Å²) in [4.78, 5) is 27.8. The minimum absolute atomic E-state index is 0.0428. The molecule has 0 radical (unpaired) electrons. The maximum atomic E-state index is 12.0. The van der Waals surface area contributed by atoms with Gasteiger partial charge in [0.25, 0.3) is 5.91 Å². The number of hydrogen-bond acceptors (Lipinski definition) is 4. The van der Waals surface area contributed by atoms with Crippen molar-refractivity contribution in [3.8, 4) is 5.88 Å². The third-order valence-electron chi connectivity index (χ3n) is 3.03. The van der Waals surface area contributed by atoms with Crippen LogP contribution >= 0.6 is 0 Å². The Morgan fingerprint density at radius 3 is 2.17 bits per heavy atom. The first kappa shape index (κ1) is 19.9. The molecule has 24 heavy (non-hydrogen) atoms. The van der Waals surface area contributed by atoms with Gasteiger partial charge in [-0.3, -0.25) is 9.59 Å². The largest absolute Gasteiger partial charge is 0.477 e. The fourth-order valence-electron chi connectivity index (χ4n) is 1.61. The number of carbonyl (C=O) groups is 2. The first-order chi connectivity index (χ1) is 11.0. The average molecular weight is 335 g/mol. The number of rotatable bonds is 6. The van der Waals surface area contributed by atoms with E-state index in [4.69, 9.17) is 4.74 Å². The van der Waals surface area contributed by atoms with E-state index in [1.54, 1.807) is 12.1 Å². The molecule has 0 spiro atoms. The zero-order valence-electron chi connectivity index (χ0n) is 15.5. The van der Waals surface area contributed by atoms with E-state index in [1.807, 2.05) is 20.8 Å². The normalized spacial score (nSPS) is 11.8. The van der Waals surface area contributed by atoms with Gasteiger partial charge in [-0.1, -0.05) is 41.5 Å². The van der Waals surface area contributed by atoms with Crippen LogP contribution in [0.25, 0.3) is 0 Å². The van der Waals surface area contributed by atoms with Gasteiger partial charge in [-0.15, -0.1) is 0 Å². The zero-order chi connectivity index (χ0) is 18.4. The topological polar surface area (TPSA) is 80.3 Å². The summed E-state index contributed by atoms with van der Waals surface area (Å²) in [6, 6.07) is 3.36. The third-order valence-corrected chi connectivity index (χ3v) is 3.03. The van der Waals surface area contributed by atoms with Gasteiger partial charge in [0.1, 0.15) is 0 Å². The van der Waals surface area contributed by atoms with E-state index in [0.29, 0.717) is 31.1 Å². The van der Waals surface area contributed by atoms with Gasteiger partial charge in [0, 0.05) is 30.8 Å². The Morgan fingerprint density at radius 1 is 1.04 bits per heavy atom. The highest BCUT2D eigenvalue weighted by molar-refractivity contribution is 5.93. The Bertz CT molecular complexity index is 554. The molecule has 0 aliphatic carbocycles. The fourth-order valence-corrected chi connectivity index (χ4v) is 1.61. The number of carbonyl (C=O) groups excluding carboxylic acids is 2. The molecule has 0 saturated carbocycles. The van der Waals surface area contributed by atoms with E-state index in [2.05, 4.69) is 36.4 Å². The minimum atomic E-state index is -0.434. The van der Waals surface area contributed by atoms with Crippen LogP contribution in [-0.4, -0.2) is 36.5 Å². The highest BCUT2D eigenvalue weighted by Crippen LogP contribution is 2.16. The van der Waals surface area contributed by atoms with Crippen molar-refractivity contribution in [2.24, 2.45) is 10.8 Å². The first-order valence-corrected chi connectivity index (χ1v) is 8.14. The molecule has 0 fully saturated rings. The Hall–Kier alpha value is -2.11. The summed E-state index contributed by atoms with van der Waals surface area (Å²) >= 11 is 0. The lowest BCUT2D eigenvalue weighted by molar-refractivity contribution is -0.128. The fraction of sp³-hybridized carbons (Fsp3) is 0.611. The van der Waals surface area contributed by atoms with E-state index >= 15 is 0 Å². The van der Waals surface area contributed by atoms with Crippen LogP contribution in [0.4, 0.5) is 0 Å². The van der Waals surface area contributed by atoms with Crippen molar-refractivity contribution in [1.29, 1.82) is 0 Å². The first-order valence-electron chi connectivity index (χ1n) is 8.14. The Balaban J connectivity index is 2.39. The van der Waals surface area contributed by atoms with Gasteiger partial charge in [0.15, 0.2) is 0 Å². The van der Waals surface area contributed by atoms with Crippen molar-refractivity contribution in [3.63, 3.8) is 0 Å². The Kier molecular flexibility index (Phi) is 6.75. The molecule has 1 heterocycles. The van der Waals surface area contributed by atoms with Gasteiger partial charge in [-0.05, 0) is 11.5 Å². The lowest BCUT2D eigenvalue weighted by Crippen LogP contribution is -2.39. The zero-order valence-corrected chi connectivity index (χ0v) is 15.5. The van der Waals surface area contributed by atoms with Gasteiger partial charge < -0.3 is 15.4 Å². The van der Waals surface area contributed by atoms with Crippen LogP contribution < -0.4 is 15.4 Å². The standard InChI is InChI=1S/C18H29N3O3/c1-17(2,3)12-24-14-8-7-13(11-21-14)15(22)19-9-10-20-16(23)18(4,5)6/h7-8,11H,9-10,12H2,1-6H3,(H,19,22)(H,20,23). The monoisotopic (exact) mass is 335 g/mol. The predicted molar refractivity (Wildman–Crippen MR) is 94.0 cm³/mol. The quantitative estimate of drug-likeness (QED) is 0.782. The summed E-state index contributed by atoms with van der Waals surface area (Å²) in [5.41, 5.74) is 0.0757. The third kappa shape index (κ3) is 7.44. The maximum absolute atomic E-state index is 12.0. The predicted octanol–water partition coefficient (Wildman–Crippen LogP) is 2.40. The number of ether oxygens (including phenoxy) is 1. The molecule has 2 N–H and O–H groups in total. The van der Waals surface area contributed by atoms with Crippen molar-refractivity contribution in [3.05, 3.63) is 23.9 Å². The Labute approximate surface area is 144 Å². The van der Waals surface area contributed by atoms with Crippen molar-refractivity contribution in [2.75, 3.05) is 19.7 Å². The van der Waals surface area contributed by atoms with E-state index in [1.165, 1.54) is 6.20 Å². The number of aromatic nitrogens is 1. The molecule has 0 aromatic carbocycles. The van der Waals surface area contributed by atoms with Crippen LogP contribution in [0, 0.1) is 10.8 Å². The second-order valence-electron chi connectivity index (χ2n) is 8.00. The molecule has 0 aliphatic rings. The average Bonchev–Trinajstić information content (AvgIpc) is 2.48. The van der Waals surface area contributed by atoms with E-state index < -0.39 is 5.41 Å². The van der Waals surface area contributed by atoms with Crippen LogP contribution in [-0.2, 0) is 4.79 Å². The molecule has 0 unspecified atom stereocenters. The van der Waals surface area contributed by atoms with Crippen molar-refractivity contribution in [1.82, 2.24) is 15.6 Å². The number of amides is 2. The molecule has 6 heteroatoms. The summed E-state index contributed by atoms with van der Waals surface area (Å²) in [5, 5.41) is 5.53. The number of hydrogen-bond donors (Lipinski definition) is 2. The van der Waals surface area contributed by atoms with Gasteiger partial charge in [0.05, 0.1) is 12.2 Å². The van der Waals surface area contributed by atoms with Gasteiger partial charge in [0.2, 0.25) is 11.8 Å². The molecule has 0 bridgehead atoms. The maximum Gasteiger partial charge on any atom is 0.252 e. The minimum Gasteiger partial charge on any atom is -0.477 e. The summed E-state index contributed by atoms with van der Waals surface area (Å²) in [6.07, 6.45) is 1.49. The van der Waals surface area contributed by atoms with Crippen LogP contribution in [0.2, 0.25) is 0 Å². The summed E-state index contributed by atoms with van der Waals surface area (Å²) in [7, 11) is 0. The molecule has 1 rings (SSSR count). The molecule has 0 saturated heterocycles. The summed E-state index contributed by atoms with van der Waals surface area (Å²) in [5.74, 6) is 0.229. The van der Waals surface area contributed by atoms with Gasteiger partial charge in [-0.25, -0.2) is 4.98 Å². The number of nitrogens with zero attached hydrogens (tertiary/aromatic N) is 1. The highest BCUT2D eigenvalue weighted by Gasteiger charge is 2.20. The summed E-state index contributed by atoms with van der Waals surface area (Å²) < 4.78 is 5.57. The van der Waals surface area contributed by atoms with Crippen LogP contribution in [0.15, 0.2) is 18.3 Å². The molecular formula is C18H29N3O3. The van der Waals surface area contributed by atoms with Crippen molar-refractivity contribution in [2.45, 2.75) is 41.5 Å². The molecular weight excluding hydrogens is 306 g/mol. The SMILES string of the molecule is CC(C)(C)COc1ccc(C(=O)NCCNC(=O)C(C)(C)C)cn1. The number of nitrogens with one attached hydrogen (secondary N) is 2. The van der Waals surface area contributed by atoms with E-state index in [-0.39, 0.29) is 17.2 Å². The molecule has 0 aliphatic heterocycles. The lowest BCUT2D eigenvalue weighted by Gasteiger charge is -2.18. The van der Waals surface area contributed by atoms with Gasteiger partial charge >= 0.3 is 0 Å². The number of pyridine rings is 1.